The lowest BCUT2D eigenvalue weighted by Gasteiger charge is -2.27. The Bertz CT molecular complexity index is 1020. The van der Waals surface area contributed by atoms with Gasteiger partial charge in [-0.2, -0.15) is 0 Å². The summed E-state index contributed by atoms with van der Waals surface area (Å²) in [6.45, 7) is 5.47. The molecule has 0 aliphatic carbocycles. The van der Waals surface area contributed by atoms with Gasteiger partial charge in [-0.05, 0) is 35.9 Å². The third-order valence-corrected chi connectivity index (χ3v) is 7.16. The van der Waals surface area contributed by atoms with E-state index in [1.807, 2.05) is 0 Å². The van der Waals surface area contributed by atoms with Crippen molar-refractivity contribution in [1.29, 1.82) is 0 Å². The highest BCUT2D eigenvalue weighted by molar-refractivity contribution is 7.91. The molecule has 0 spiro atoms. The molecule has 2 aromatic carbocycles. The Hall–Kier alpha value is -2.00. The van der Waals surface area contributed by atoms with Gasteiger partial charge in [0.1, 0.15) is 5.82 Å². The first-order valence-electron chi connectivity index (χ1n) is 9.81. The Morgan fingerprint density at radius 1 is 1.17 bits per heavy atom. The van der Waals surface area contributed by atoms with E-state index < -0.39 is 21.6 Å². The Kier molecular flexibility index (Phi) is 7.46. The van der Waals surface area contributed by atoms with Crippen molar-refractivity contribution in [2.75, 3.05) is 31.9 Å². The van der Waals surface area contributed by atoms with Gasteiger partial charge >= 0.3 is 0 Å². The predicted molar refractivity (Wildman–Crippen MR) is 115 cm³/mol. The van der Waals surface area contributed by atoms with Crippen molar-refractivity contribution >= 4 is 27.3 Å². The van der Waals surface area contributed by atoms with E-state index in [-0.39, 0.29) is 22.8 Å². The number of halogens is 2. The monoisotopic (exact) mass is 453 g/mol. The highest BCUT2D eigenvalue weighted by Gasteiger charge is 2.18. The first-order chi connectivity index (χ1) is 14.3. The van der Waals surface area contributed by atoms with Gasteiger partial charge in [0.25, 0.3) is 5.91 Å². The second-order valence-electron chi connectivity index (χ2n) is 7.17. The third kappa shape index (κ3) is 5.57. The van der Waals surface area contributed by atoms with E-state index >= 15 is 0 Å². The molecule has 162 valence electrons. The van der Waals surface area contributed by atoms with E-state index in [4.69, 9.17) is 11.6 Å². The fourth-order valence-electron chi connectivity index (χ4n) is 3.35. The van der Waals surface area contributed by atoms with Gasteiger partial charge in [0, 0.05) is 55.4 Å². The van der Waals surface area contributed by atoms with E-state index in [1.54, 1.807) is 19.1 Å². The van der Waals surface area contributed by atoms with Crippen LogP contribution in [0.5, 0.6) is 0 Å². The van der Waals surface area contributed by atoms with Crippen molar-refractivity contribution in [3.63, 3.8) is 0 Å². The maximum Gasteiger partial charge on any atom is 0.251 e. The first kappa shape index (κ1) is 22.7. The molecule has 0 atom stereocenters. The molecule has 2 N–H and O–H groups in total. The van der Waals surface area contributed by atoms with Crippen LogP contribution in [0.25, 0.3) is 0 Å². The summed E-state index contributed by atoms with van der Waals surface area (Å²) in [6.07, 6.45) is 0. The molecular formula is C21H25ClFN3O3S. The van der Waals surface area contributed by atoms with E-state index in [1.165, 1.54) is 24.3 Å². The van der Waals surface area contributed by atoms with Crippen molar-refractivity contribution in [2.45, 2.75) is 24.9 Å². The van der Waals surface area contributed by atoms with E-state index in [0.717, 1.165) is 26.2 Å². The average molecular weight is 454 g/mol. The van der Waals surface area contributed by atoms with Gasteiger partial charge < -0.3 is 10.6 Å². The molecule has 1 heterocycles. The van der Waals surface area contributed by atoms with Crippen LogP contribution in [0.1, 0.15) is 28.4 Å². The van der Waals surface area contributed by atoms with Crippen LogP contribution in [-0.2, 0) is 22.9 Å². The van der Waals surface area contributed by atoms with E-state index in [9.17, 15) is 17.6 Å². The normalized spacial score (nSPS) is 15.2. The zero-order valence-electron chi connectivity index (χ0n) is 16.7. The summed E-state index contributed by atoms with van der Waals surface area (Å²) in [5.41, 5.74) is 1.12. The molecule has 0 radical (unpaired) electrons. The number of hydrogen-bond donors (Lipinski definition) is 2. The lowest BCUT2D eigenvalue weighted by molar-refractivity contribution is 0.0950. The molecule has 0 bridgehead atoms. The fourth-order valence-corrected chi connectivity index (χ4v) is 4.66. The van der Waals surface area contributed by atoms with E-state index in [0.29, 0.717) is 22.7 Å². The first-order valence-corrected chi connectivity index (χ1v) is 11.8. The average Bonchev–Trinajstić information content (AvgIpc) is 2.74. The highest BCUT2D eigenvalue weighted by Crippen LogP contribution is 2.22. The van der Waals surface area contributed by atoms with Crippen LogP contribution in [0.4, 0.5) is 4.39 Å². The number of rotatable bonds is 7. The smallest absolute Gasteiger partial charge is 0.251 e. The predicted octanol–water partition coefficient (Wildman–Crippen LogP) is 2.61. The Labute approximate surface area is 181 Å². The maximum atomic E-state index is 14.5. The minimum absolute atomic E-state index is 0.0297. The second kappa shape index (κ2) is 9.87. The molecule has 1 amide bonds. The third-order valence-electron chi connectivity index (χ3n) is 5.10. The largest absolute Gasteiger partial charge is 0.348 e. The number of benzene rings is 2. The van der Waals surface area contributed by atoms with Crippen molar-refractivity contribution in [2.24, 2.45) is 0 Å². The van der Waals surface area contributed by atoms with Crippen molar-refractivity contribution in [3.05, 3.63) is 63.9 Å². The Morgan fingerprint density at radius 3 is 2.57 bits per heavy atom. The summed E-state index contributed by atoms with van der Waals surface area (Å²) in [5, 5.41) is 6.29. The van der Waals surface area contributed by atoms with Gasteiger partial charge in [-0.1, -0.05) is 24.6 Å². The van der Waals surface area contributed by atoms with Crippen molar-refractivity contribution < 1.29 is 17.6 Å². The number of nitrogens with one attached hydrogen (secondary N) is 2. The molecule has 30 heavy (non-hydrogen) atoms. The summed E-state index contributed by atoms with van der Waals surface area (Å²) in [5.74, 6) is -0.976. The molecule has 1 fully saturated rings. The van der Waals surface area contributed by atoms with Gasteiger partial charge in [0.15, 0.2) is 9.84 Å². The standard InChI is InChI=1S/C21H25ClFN3O3S/c1-2-30(28,29)20-6-5-18(22)11-17(20)13-25-21(27)15-3-4-16(19(23)12-15)14-26-9-7-24-8-10-26/h3-6,11-12,24H,2,7-10,13-14H2,1H3,(H,25,27). The Balaban J connectivity index is 1.70. The van der Waals surface area contributed by atoms with Crippen LogP contribution in [0.15, 0.2) is 41.3 Å². The summed E-state index contributed by atoms with van der Waals surface area (Å²) in [6, 6.07) is 8.88. The molecule has 9 heteroatoms. The number of piperazine rings is 1. The number of carbonyl (C=O) groups is 1. The van der Waals surface area contributed by atoms with Crippen LogP contribution in [0, 0.1) is 5.82 Å². The van der Waals surface area contributed by atoms with Gasteiger partial charge in [0.05, 0.1) is 10.6 Å². The molecule has 6 nitrogen and oxygen atoms in total. The van der Waals surface area contributed by atoms with Gasteiger partial charge in [0.2, 0.25) is 0 Å². The minimum Gasteiger partial charge on any atom is -0.348 e. The molecule has 1 saturated heterocycles. The number of sulfone groups is 1. The number of nitrogens with zero attached hydrogens (tertiary/aromatic N) is 1. The number of hydrogen-bond acceptors (Lipinski definition) is 5. The van der Waals surface area contributed by atoms with Gasteiger partial charge in [-0.15, -0.1) is 0 Å². The van der Waals surface area contributed by atoms with Crippen molar-refractivity contribution in [1.82, 2.24) is 15.5 Å². The minimum atomic E-state index is -3.46. The topological polar surface area (TPSA) is 78.5 Å². The molecule has 2 aromatic rings. The van der Waals surface area contributed by atoms with Crippen LogP contribution < -0.4 is 10.6 Å². The molecule has 0 saturated carbocycles. The quantitative estimate of drug-likeness (QED) is 0.673. The van der Waals surface area contributed by atoms with Crippen LogP contribution in [-0.4, -0.2) is 51.2 Å². The van der Waals surface area contributed by atoms with E-state index in [2.05, 4.69) is 15.5 Å². The number of carbonyl (C=O) groups excluding carboxylic acids is 1. The lowest BCUT2D eigenvalue weighted by atomic mass is 10.1. The summed E-state index contributed by atoms with van der Waals surface area (Å²) < 4.78 is 39.1. The second-order valence-corrected chi connectivity index (χ2v) is 9.85. The maximum absolute atomic E-state index is 14.5. The molecule has 1 aliphatic heterocycles. The molecule has 1 aliphatic rings. The molecular weight excluding hydrogens is 429 g/mol. The van der Waals surface area contributed by atoms with Crippen LogP contribution in [0.3, 0.4) is 0 Å². The molecule has 0 unspecified atom stereocenters. The SMILES string of the molecule is CCS(=O)(=O)c1ccc(Cl)cc1CNC(=O)c1ccc(CN2CCNCC2)c(F)c1. The highest BCUT2D eigenvalue weighted by atomic mass is 35.5. The van der Waals surface area contributed by atoms with Crippen LogP contribution >= 0.6 is 11.6 Å². The van der Waals surface area contributed by atoms with Gasteiger partial charge in [-0.3, -0.25) is 9.69 Å². The molecule has 3 rings (SSSR count). The van der Waals surface area contributed by atoms with Crippen molar-refractivity contribution in [3.8, 4) is 0 Å². The molecule has 0 aromatic heterocycles. The zero-order chi connectivity index (χ0) is 21.7. The number of amides is 1. The zero-order valence-corrected chi connectivity index (χ0v) is 18.3. The van der Waals surface area contributed by atoms with Crippen LogP contribution in [0.2, 0.25) is 5.02 Å². The summed E-state index contributed by atoms with van der Waals surface area (Å²) in [7, 11) is -3.46. The fraction of sp³-hybridized carbons (Fsp3) is 0.381. The summed E-state index contributed by atoms with van der Waals surface area (Å²) in [4.78, 5) is 14.8. The summed E-state index contributed by atoms with van der Waals surface area (Å²) >= 11 is 6.00. The lowest BCUT2D eigenvalue weighted by Crippen LogP contribution is -2.43. The van der Waals surface area contributed by atoms with Gasteiger partial charge in [-0.25, -0.2) is 12.8 Å². The Morgan fingerprint density at radius 2 is 1.90 bits per heavy atom.